The second-order valence-corrected chi connectivity index (χ2v) is 2.22. The van der Waals surface area contributed by atoms with Crippen LogP contribution in [0.5, 0.6) is 0 Å². The van der Waals surface area contributed by atoms with Crippen LogP contribution in [0.25, 0.3) is 0 Å². The van der Waals surface area contributed by atoms with Gasteiger partial charge in [-0.25, -0.2) is 0 Å². The molecule has 0 saturated carbocycles. The summed E-state index contributed by atoms with van der Waals surface area (Å²) in [4.78, 5) is 0. The van der Waals surface area contributed by atoms with Gasteiger partial charge in [0.1, 0.15) is 0 Å². The van der Waals surface area contributed by atoms with Crippen molar-refractivity contribution in [3.05, 3.63) is 6.61 Å². The molecule has 0 bridgehead atoms. The molecule has 0 aliphatic heterocycles. The highest BCUT2D eigenvalue weighted by Gasteiger charge is 2.10. The molecule has 55 valence electrons. The van der Waals surface area contributed by atoms with E-state index in [0.717, 1.165) is 0 Å². The van der Waals surface area contributed by atoms with Gasteiger partial charge >= 0.3 is 0 Å². The van der Waals surface area contributed by atoms with Crippen molar-refractivity contribution in [1.82, 2.24) is 0 Å². The van der Waals surface area contributed by atoms with E-state index in [0.29, 0.717) is 5.92 Å². The summed E-state index contributed by atoms with van der Waals surface area (Å²) in [5, 5.41) is 0. The topological polar surface area (TPSA) is 18.5 Å². The molecule has 0 N–H and O–H groups in total. The fraction of sp³-hybridized carbons (Fsp3) is 0.857. The summed E-state index contributed by atoms with van der Waals surface area (Å²) in [7, 11) is 1.65. The maximum atomic E-state index is 5.11. The average Bonchev–Trinajstić information content (AvgIpc) is 1.82. The highest BCUT2D eigenvalue weighted by molar-refractivity contribution is 4.50. The Morgan fingerprint density at radius 2 is 1.89 bits per heavy atom. The molecule has 0 amide bonds. The number of hydrogen-bond donors (Lipinski definition) is 0. The highest BCUT2D eigenvalue weighted by atomic mass is 16.7. The Kier molecular flexibility index (Phi) is 4.72. The number of hydrogen-bond acceptors (Lipinski definition) is 2. The highest BCUT2D eigenvalue weighted by Crippen LogP contribution is 2.07. The van der Waals surface area contributed by atoms with Gasteiger partial charge in [0.05, 0.1) is 6.61 Å². The first-order chi connectivity index (χ1) is 4.22. The molecule has 2 heteroatoms. The number of methoxy groups -OCH3 is 1. The molecule has 9 heavy (non-hydrogen) atoms. The van der Waals surface area contributed by atoms with Crippen LogP contribution in [0.1, 0.15) is 20.8 Å². The Balaban J connectivity index is 3.41. The van der Waals surface area contributed by atoms with Crippen LogP contribution < -0.4 is 0 Å². The van der Waals surface area contributed by atoms with Crippen molar-refractivity contribution >= 4 is 0 Å². The quantitative estimate of drug-likeness (QED) is 0.542. The summed E-state index contributed by atoms with van der Waals surface area (Å²) in [6.07, 6.45) is -0.0880. The van der Waals surface area contributed by atoms with Crippen LogP contribution >= 0.6 is 0 Å². The molecule has 0 rings (SSSR count). The van der Waals surface area contributed by atoms with Gasteiger partial charge in [0.15, 0.2) is 6.29 Å². The summed E-state index contributed by atoms with van der Waals surface area (Å²) in [5.41, 5.74) is 0. The van der Waals surface area contributed by atoms with Crippen LogP contribution in [0.15, 0.2) is 0 Å². The summed E-state index contributed by atoms with van der Waals surface area (Å²) < 4.78 is 10.1. The van der Waals surface area contributed by atoms with Crippen molar-refractivity contribution in [3.63, 3.8) is 0 Å². The second-order valence-electron chi connectivity index (χ2n) is 2.22. The molecule has 0 fully saturated rings. The van der Waals surface area contributed by atoms with E-state index in [-0.39, 0.29) is 6.29 Å². The summed E-state index contributed by atoms with van der Waals surface area (Å²) >= 11 is 0. The third-order valence-electron chi connectivity index (χ3n) is 1.05. The van der Waals surface area contributed by atoms with E-state index < -0.39 is 0 Å². The lowest BCUT2D eigenvalue weighted by Crippen LogP contribution is -2.19. The summed E-state index contributed by atoms with van der Waals surface area (Å²) in [6, 6.07) is 0. The maximum absolute atomic E-state index is 5.11. The van der Waals surface area contributed by atoms with Crippen molar-refractivity contribution < 1.29 is 9.47 Å². The minimum Gasteiger partial charge on any atom is -0.356 e. The van der Waals surface area contributed by atoms with Crippen LogP contribution in [0.2, 0.25) is 0 Å². The van der Waals surface area contributed by atoms with Gasteiger partial charge in [0, 0.05) is 13.0 Å². The molecule has 0 aliphatic carbocycles. The van der Waals surface area contributed by atoms with Gasteiger partial charge < -0.3 is 9.47 Å². The zero-order valence-corrected chi connectivity index (χ0v) is 6.55. The van der Waals surface area contributed by atoms with Crippen LogP contribution in [0.3, 0.4) is 0 Å². The van der Waals surface area contributed by atoms with Gasteiger partial charge in [0.2, 0.25) is 0 Å². The Labute approximate surface area is 57.2 Å². The van der Waals surface area contributed by atoms with Crippen LogP contribution in [-0.2, 0) is 9.47 Å². The lowest BCUT2D eigenvalue weighted by atomic mass is 10.2. The van der Waals surface area contributed by atoms with E-state index in [4.69, 9.17) is 9.47 Å². The normalized spacial score (nSPS) is 14.3. The van der Waals surface area contributed by atoms with Gasteiger partial charge in [-0.15, -0.1) is 0 Å². The molecular formula is C7H15O2. The third-order valence-corrected chi connectivity index (χ3v) is 1.05. The van der Waals surface area contributed by atoms with Gasteiger partial charge in [-0.2, -0.15) is 0 Å². The molecule has 0 aromatic heterocycles. The molecule has 0 aromatic carbocycles. The first kappa shape index (κ1) is 8.92. The van der Waals surface area contributed by atoms with E-state index in [1.807, 2.05) is 6.92 Å². The lowest BCUT2D eigenvalue weighted by molar-refractivity contribution is -0.125. The number of ether oxygens (including phenoxy) is 2. The predicted octanol–water partition coefficient (Wildman–Crippen LogP) is 1.81. The van der Waals surface area contributed by atoms with Crippen LogP contribution in [0.4, 0.5) is 0 Å². The zero-order valence-electron chi connectivity index (χ0n) is 6.55. The van der Waals surface area contributed by atoms with Crippen molar-refractivity contribution in [2.75, 3.05) is 7.11 Å². The van der Waals surface area contributed by atoms with E-state index in [1.165, 1.54) is 0 Å². The fourth-order valence-corrected chi connectivity index (χ4v) is 0.619. The Morgan fingerprint density at radius 3 is 2.00 bits per heavy atom. The molecule has 0 spiro atoms. The smallest absolute Gasteiger partial charge is 0.159 e. The third kappa shape index (κ3) is 3.49. The van der Waals surface area contributed by atoms with Crippen molar-refractivity contribution in [3.8, 4) is 0 Å². The largest absolute Gasteiger partial charge is 0.356 e. The molecule has 0 aromatic rings. The molecule has 0 saturated heterocycles. The average molecular weight is 131 g/mol. The van der Waals surface area contributed by atoms with Crippen molar-refractivity contribution in [1.29, 1.82) is 0 Å². The summed E-state index contributed by atoms with van der Waals surface area (Å²) in [6.45, 7) is 7.60. The van der Waals surface area contributed by atoms with Gasteiger partial charge in [-0.05, 0) is 6.92 Å². The second kappa shape index (κ2) is 4.77. The monoisotopic (exact) mass is 131 g/mol. The molecule has 1 atom stereocenters. The fourth-order valence-electron chi connectivity index (χ4n) is 0.619. The standard InChI is InChI=1S/C7H15O2/c1-5-9-7(8-4)6(2)3/h5-7H,1-4H3. The minimum atomic E-state index is -0.0880. The van der Waals surface area contributed by atoms with Crippen molar-refractivity contribution in [2.24, 2.45) is 5.92 Å². The van der Waals surface area contributed by atoms with Crippen LogP contribution in [0, 0.1) is 12.5 Å². The molecule has 0 aliphatic rings. The Morgan fingerprint density at radius 1 is 1.33 bits per heavy atom. The first-order valence-electron chi connectivity index (χ1n) is 3.18. The van der Waals surface area contributed by atoms with Gasteiger partial charge in [0.25, 0.3) is 0 Å². The van der Waals surface area contributed by atoms with Crippen molar-refractivity contribution in [2.45, 2.75) is 27.1 Å². The van der Waals surface area contributed by atoms with E-state index >= 15 is 0 Å². The van der Waals surface area contributed by atoms with Gasteiger partial charge in [-0.1, -0.05) is 13.8 Å². The van der Waals surface area contributed by atoms with E-state index in [9.17, 15) is 0 Å². The maximum Gasteiger partial charge on any atom is 0.159 e. The Bertz CT molecular complexity index is 61.9. The molecule has 1 unspecified atom stereocenters. The van der Waals surface area contributed by atoms with Gasteiger partial charge in [-0.3, -0.25) is 0 Å². The predicted molar refractivity (Wildman–Crippen MR) is 36.7 cm³/mol. The molecule has 0 heterocycles. The zero-order chi connectivity index (χ0) is 7.28. The number of rotatable bonds is 4. The summed E-state index contributed by atoms with van der Waals surface area (Å²) in [5.74, 6) is 0.409. The molecule has 2 nitrogen and oxygen atoms in total. The van der Waals surface area contributed by atoms with E-state index in [2.05, 4.69) is 13.8 Å². The SMILES string of the molecule is C[CH]OC(OC)C(C)C. The molecular weight excluding hydrogens is 116 g/mol. The minimum absolute atomic E-state index is 0.0880. The molecule has 1 radical (unpaired) electrons. The van der Waals surface area contributed by atoms with Crippen LogP contribution in [-0.4, -0.2) is 13.4 Å². The first-order valence-corrected chi connectivity index (χ1v) is 3.18. The van der Waals surface area contributed by atoms with E-state index in [1.54, 1.807) is 13.7 Å². The Hall–Kier alpha value is -0.0800. The lowest BCUT2D eigenvalue weighted by Gasteiger charge is -2.17.